The third-order valence-corrected chi connectivity index (χ3v) is 3.14. The van der Waals surface area contributed by atoms with Crippen LogP contribution in [0.4, 0.5) is 10.7 Å². The van der Waals surface area contributed by atoms with Crippen LogP contribution in [0.2, 0.25) is 5.02 Å². The second-order valence-electron chi connectivity index (χ2n) is 5.72. The van der Waals surface area contributed by atoms with Gasteiger partial charge in [-0.15, -0.1) is 5.10 Å². The SMILES string of the molecule is CN(C(=O)O)c1nc(C(C)(C)C)nn1-c1cccc(Cl)c1. The minimum Gasteiger partial charge on any atom is -0.465 e. The summed E-state index contributed by atoms with van der Waals surface area (Å²) in [4.78, 5) is 16.6. The molecule has 0 aliphatic carbocycles. The molecular weight excluding hydrogens is 292 g/mol. The number of aromatic nitrogens is 3. The van der Waals surface area contributed by atoms with Crippen molar-refractivity contribution in [3.63, 3.8) is 0 Å². The lowest BCUT2D eigenvalue weighted by atomic mass is 9.96. The first-order chi connectivity index (χ1) is 9.70. The molecule has 0 atom stereocenters. The highest BCUT2D eigenvalue weighted by Crippen LogP contribution is 2.25. The van der Waals surface area contributed by atoms with Gasteiger partial charge in [-0.1, -0.05) is 38.4 Å². The summed E-state index contributed by atoms with van der Waals surface area (Å²) in [7, 11) is 1.43. The van der Waals surface area contributed by atoms with E-state index in [1.165, 1.54) is 11.7 Å². The van der Waals surface area contributed by atoms with Gasteiger partial charge in [0.2, 0.25) is 5.95 Å². The van der Waals surface area contributed by atoms with Gasteiger partial charge in [-0.2, -0.15) is 9.67 Å². The van der Waals surface area contributed by atoms with Gasteiger partial charge in [-0.05, 0) is 18.2 Å². The molecule has 2 rings (SSSR count). The standard InChI is InChI=1S/C14H17ClN4O2/c1-14(2,3)11-16-12(18(4)13(20)21)19(17-11)10-7-5-6-9(15)8-10/h5-8H,1-4H3,(H,20,21). The quantitative estimate of drug-likeness (QED) is 0.923. The molecule has 0 aliphatic rings. The minimum absolute atomic E-state index is 0.231. The van der Waals surface area contributed by atoms with E-state index in [0.717, 1.165) is 4.90 Å². The summed E-state index contributed by atoms with van der Waals surface area (Å²) >= 11 is 5.99. The summed E-state index contributed by atoms with van der Waals surface area (Å²) in [6.45, 7) is 5.90. The molecule has 0 radical (unpaired) electrons. The molecule has 6 nitrogen and oxygen atoms in total. The Hall–Kier alpha value is -2.08. The first kappa shape index (κ1) is 15.3. The van der Waals surface area contributed by atoms with E-state index < -0.39 is 6.09 Å². The summed E-state index contributed by atoms with van der Waals surface area (Å²) in [5.41, 5.74) is 0.367. The third kappa shape index (κ3) is 3.16. The fourth-order valence-corrected chi connectivity index (χ4v) is 1.89. The van der Waals surface area contributed by atoms with Crippen molar-refractivity contribution in [2.75, 3.05) is 11.9 Å². The van der Waals surface area contributed by atoms with Gasteiger partial charge in [0.1, 0.15) is 0 Å². The van der Waals surface area contributed by atoms with Crippen LogP contribution in [0.15, 0.2) is 24.3 Å². The Balaban J connectivity index is 2.63. The molecular formula is C14H17ClN4O2. The maximum absolute atomic E-state index is 11.2. The van der Waals surface area contributed by atoms with Crippen molar-refractivity contribution >= 4 is 23.6 Å². The van der Waals surface area contributed by atoms with Crippen LogP contribution in [0.1, 0.15) is 26.6 Å². The minimum atomic E-state index is -1.11. The zero-order valence-electron chi connectivity index (χ0n) is 12.3. The van der Waals surface area contributed by atoms with Crippen LogP contribution in [-0.2, 0) is 5.41 Å². The van der Waals surface area contributed by atoms with Crippen LogP contribution in [-0.4, -0.2) is 33.0 Å². The van der Waals surface area contributed by atoms with E-state index in [4.69, 9.17) is 11.6 Å². The van der Waals surface area contributed by atoms with Crippen LogP contribution in [0.25, 0.3) is 5.69 Å². The van der Waals surface area contributed by atoms with Crippen molar-refractivity contribution < 1.29 is 9.90 Å². The highest BCUT2D eigenvalue weighted by Gasteiger charge is 2.26. The highest BCUT2D eigenvalue weighted by molar-refractivity contribution is 6.30. The van der Waals surface area contributed by atoms with Crippen molar-refractivity contribution in [1.82, 2.24) is 14.8 Å². The molecule has 1 heterocycles. The lowest BCUT2D eigenvalue weighted by molar-refractivity contribution is 0.203. The van der Waals surface area contributed by atoms with Gasteiger partial charge in [-0.3, -0.25) is 0 Å². The summed E-state index contributed by atoms with van der Waals surface area (Å²) in [5, 5.41) is 14.2. The van der Waals surface area contributed by atoms with E-state index in [-0.39, 0.29) is 11.4 Å². The van der Waals surface area contributed by atoms with E-state index in [2.05, 4.69) is 10.1 Å². The smallest absolute Gasteiger partial charge is 0.413 e. The maximum atomic E-state index is 11.2. The molecule has 112 valence electrons. The summed E-state index contributed by atoms with van der Waals surface area (Å²) < 4.78 is 1.49. The summed E-state index contributed by atoms with van der Waals surface area (Å²) in [6.07, 6.45) is -1.11. The highest BCUT2D eigenvalue weighted by atomic mass is 35.5. The second kappa shape index (κ2) is 5.37. The molecule has 0 saturated carbocycles. The number of hydrogen-bond acceptors (Lipinski definition) is 3. The number of amides is 1. The molecule has 0 saturated heterocycles. The number of rotatable bonds is 2. The Morgan fingerprint density at radius 3 is 2.57 bits per heavy atom. The Bertz CT molecular complexity index is 676. The predicted molar refractivity (Wildman–Crippen MR) is 81.5 cm³/mol. The normalized spacial score (nSPS) is 11.5. The Kier molecular flexibility index (Phi) is 3.91. The monoisotopic (exact) mass is 308 g/mol. The first-order valence-corrected chi connectivity index (χ1v) is 6.78. The van der Waals surface area contributed by atoms with E-state index in [1.807, 2.05) is 20.8 Å². The second-order valence-corrected chi connectivity index (χ2v) is 6.16. The van der Waals surface area contributed by atoms with Crippen molar-refractivity contribution in [3.8, 4) is 5.69 Å². The average Bonchev–Trinajstić information content (AvgIpc) is 2.82. The van der Waals surface area contributed by atoms with Gasteiger partial charge in [0.15, 0.2) is 5.82 Å². The van der Waals surface area contributed by atoms with Gasteiger partial charge >= 0.3 is 6.09 Å². The first-order valence-electron chi connectivity index (χ1n) is 6.40. The molecule has 1 amide bonds. The van der Waals surface area contributed by atoms with Gasteiger partial charge in [0, 0.05) is 17.5 Å². The van der Waals surface area contributed by atoms with Crippen LogP contribution in [0.3, 0.4) is 0 Å². The van der Waals surface area contributed by atoms with Crippen LogP contribution in [0, 0.1) is 0 Å². The number of carbonyl (C=O) groups is 1. The van der Waals surface area contributed by atoms with Gasteiger partial charge in [0.25, 0.3) is 0 Å². The number of benzene rings is 1. The van der Waals surface area contributed by atoms with E-state index in [0.29, 0.717) is 16.5 Å². The summed E-state index contributed by atoms with van der Waals surface area (Å²) in [5.74, 6) is 0.792. The van der Waals surface area contributed by atoms with Gasteiger partial charge < -0.3 is 5.11 Å². The number of nitrogens with zero attached hydrogens (tertiary/aromatic N) is 4. The lowest BCUT2D eigenvalue weighted by Crippen LogP contribution is -2.27. The lowest BCUT2D eigenvalue weighted by Gasteiger charge is -2.13. The zero-order valence-corrected chi connectivity index (χ0v) is 13.1. The molecule has 0 fully saturated rings. The van der Waals surface area contributed by atoms with E-state index in [9.17, 15) is 9.90 Å². The number of hydrogen-bond donors (Lipinski definition) is 1. The molecule has 2 aromatic rings. The molecule has 21 heavy (non-hydrogen) atoms. The van der Waals surface area contributed by atoms with E-state index in [1.54, 1.807) is 24.3 Å². The third-order valence-electron chi connectivity index (χ3n) is 2.90. The van der Waals surface area contributed by atoms with Gasteiger partial charge in [-0.25, -0.2) is 9.69 Å². The molecule has 0 unspecified atom stereocenters. The Morgan fingerprint density at radius 2 is 2.05 bits per heavy atom. The maximum Gasteiger partial charge on any atom is 0.413 e. The largest absolute Gasteiger partial charge is 0.465 e. The molecule has 0 bridgehead atoms. The molecule has 1 aromatic heterocycles. The molecule has 0 aliphatic heterocycles. The molecule has 1 N–H and O–H groups in total. The topological polar surface area (TPSA) is 71.2 Å². The van der Waals surface area contributed by atoms with E-state index >= 15 is 0 Å². The molecule has 1 aromatic carbocycles. The Morgan fingerprint density at radius 1 is 1.38 bits per heavy atom. The molecule has 7 heteroatoms. The summed E-state index contributed by atoms with van der Waals surface area (Å²) in [6, 6.07) is 7.03. The van der Waals surface area contributed by atoms with Crippen LogP contribution < -0.4 is 4.90 Å². The van der Waals surface area contributed by atoms with Gasteiger partial charge in [0.05, 0.1) is 5.69 Å². The number of halogens is 1. The predicted octanol–water partition coefficient (Wildman–Crippen LogP) is 3.33. The van der Waals surface area contributed by atoms with Crippen molar-refractivity contribution in [2.45, 2.75) is 26.2 Å². The van der Waals surface area contributed by atoms with Crippen molar-refractivity contribution in [3.05, 3.63) is 35.1 Å². The van der Waals surface area contributed by atoms with Crippen molar-refractivity contribution in [1.29, 1.82) is 0 Å². The van der Waals surface area contributed by atoms with Crippen LogP contribution >= 0.6 is 11.6 Å². The van der Waals surface area contributed by atoms with Crippen molar-refractivity contribution in [2.24, 2.45) is 0 Å². The zero-order chi connectivity index (χ0) is 15.8. The Labute approximate surface area is 128 Å². The van der Waals surface area contributed by atoms with Crippen LogP contribution in [0.5, 0.6) is 0 Å². The fraction of sp³-hybridized carbons (Fsp3) is 0.357. The number of anilines is 1. The number of carboxylic acid groups (broad SMARTS) is 1. The fourth-order valence-electron chi connectivity index (χ4n) is 1.71. The average molecular weight is 309 g/mol. The molecule has 0 spiro atoms.